The second-order valence-electron chi connectivity index (χ2n) is 7.73. The molecule has 174 valence electrons. The van der Waals surface area contributed by atoms with Crippen molar-refractivity contribution in [1.82, 2.24) is 0 Å². The summed E-state index contributed by atoms with van der Waals surface area (Å²) in [5.41, 5.74) is 2.57. The molecule has 4 aromatic rings. The summed E-state index contributed by atoms with van der Waals surface area (Å²) in [6, 6.07) is 31.8. The van der Waals surface area contributed by atoms with Gasteiger partial charge < -0.3 is 20.6 Å². The molecule has 0 aromatic heterocycles. The van der Waals surface area contributed by atoms with Crippen molar-refractivity contribution < 1.29 is 19.5 Å². The van der Waals surface area contributed by atoms with Crippen LogP contribution in [-0.4, -0.2) is 29.4 Å². The standard InChI is InChI=1S/C28H23N3O4/c32-26(19-31(24-12-6-2-7-13-24)25-14-8-3-9-15-25)29-22-16-21(28(34)35)17-23(18-22)30-27(33)20-10-4-1-5-11-20/h1-18H,19H2,(H,29,32)(H,30,33)(H,34,35). The maximum absolute atomic E-state index is 13.0. The Morgan fingerprint density at radius 1 is 0.629 bits per heavy atom. The van der Waals surface area contributed by atoms with Gasteiger partial charge in [0.2, 0.25) is 5.91 Å². The number of nitrogens with zero attached hydrogens (tertiary/aromatic N) is 1. The van der Waals surface area contributed by atoms with E-state index in [2.05, 4.69) is 10.6 Å². The number of para-hydroxylation sites is 2. The fourth-order valence-electron chi connectivity index (χ4n) is 3.58. The highest BCUT2D eigenvalue weighted by molar-refractivity contribution is 6.05. The van der Waals surface area contributed by atoms with Crippen LogP contribution >= 0.6 is 0 Å². The third-order valence-corrected chi connectivity index (χ3v) is 5.20. The number of anilines is 4. The van der Waals surface area contributed by atoms with Crippen LogP contribution in [0.2, 0.25) is 0 Å². The van der Waals surface area contributed by atoms with E-state index in [1.807, 2.05) is 65.6 Å². The smallest absolute Gasteiger partial charge is 0.335 e. The van der Waals surface area contributed by atoms with Crippen LogP contribution < -0.4 is 15.5 Å². The minimum absolute atomic E-state index is 0.00294. The summed E-state index contributed by atoms with van der Waals surface area (Å²) >= 11 is 0. The van der Waals surface area contributed by atoms with Gasteiger partial charge >= 0.3 is 5.97 Å². The molecule has 7 heteroatoms. The van der Waals surface area contributed by atoms with Crippen molar-refractivity contribution in [2.45, 2.75) is 0 Å². The largest absolute Gasteiger partial charge is 0.478 e. The van der Waals surface area contributed by atoms with Gasteiger partial charge in [-0.05, 0) is 54.6 Å². The second-order valence-corrected chi connectivity index (χ2v) is 7.73. The number of rotatable bonds is 8. The van der Waals surface area contributed by atoms with Gasteiger partial charge in [0.25, 0.3) is 5.91 Å². The molecule has 0 aliphatic heterocycles. The maximum atomic E-state index is 13.0. The average molecular weight is 466 g/mol. The molecule has 35 heavy (non-hydrogen) atoms. The van der Waals surface area contributed by atoms with E-state index in [1.165, 1.54) is 18.2 Å². The van der Waals surface area contributed by atoms with Crippen molar-refractivity contribution in [1.29, 1.82) is 0 Å². The number of hydrogen-bond donors (Lipinski definition) is 3. The van der Waals surface area contributed by atoms with E-state index in [0.29, 0.717) is 5.56 Å². The second kappa shape index (κ2) is 10.8. The molecule has 0 atom stereocenters. The molecule has 0 heterocycles. The predicted molar refractivity (Wildman–Crippen MR) is 136 cm³/mol. The number of hydrogen-bond acceptors (Lipinski definition) is 4. The minimum Gasteiger partial charge on any atom is -0.478 e. The molecule has 7 nitrogen and oxygen atoms in total. The first kappa shape index (κ1) is 23.3. The van der Waals surface area contributed by atoms with Gasteiger partial charge in [-0.2, -0.15) is 0 Å². The Morgan fingerprint density at radius 3 is 1.63 bits per heavy atom. The van der Waals surface area contributed by atoms with Crippen molar-refractivity contribution in [3.63, 3.8) is 0 Å². The minimum atomic E-state index is -1.17. The number of nitrogens with one attached hydrogen (secondary N) is 2. The van der Waals surface area contributed by atoms with Crippen molar-refractivity contribution in [3.05, 3.63) is 120 Å². The predicted octanol–water partition coefficient (Wildman–Crippen LogP) is 5.41. The summed E-state index contributed by atoms with van der Waals surface area (Å²) in [6.45, 7) is -0.00294. The molecule has 0 saturated heterocycles. The van der Waals surface area contributed by atoms with Gasteiger partial charge in [0, 0.05) is 28.3 Å². The lowest BCUT2D eigenvalue weighted by Gasteiger charge is -2.24. The van der Waals surface area contributed by atoms with E-state index in [0.717, 1.165) is 11.4 Å². The lowest BCUT2D eigenvalue weighted by molar-refractivity contribution is -0.114. The first-order chi connectivity index (χ1) is 17.0. The quantitative estimate of drug-likeness (QED) is 0.323. The number of carbonyl (C=O) groups excluding carboxylic acids is 2. The van der Waals surface area contributed by atoms with Crippen LogP contribution in [0.1, 0.15) is 20.7 Å². The molecule has 0 aliphatic rings. The molecule has 0 saturated carbocycles. The number of benzene rings is 4. The van der Waals surface area contributed by atoms with E-state index in [1.54, 1.807) is 30.3 Å². The van der Waals surface area contributed by atoms with E-state index < -0.39 is 5.97 Å². The summed E-state index contributed by atoms with van der Waals surface area (Å²) < 4.78 is 0. The zero-order valence-electron chi connectivity index (χ0n) is 18.7. The van der Waals surface area contributed by atoms with E-state index >= 15 is 0 Å². The van der Waals surface area contributed by atoms with E-state index in [9.17, 15) is 19.5 Å². The van der Waals surface area contributed by atoms with Crippen molar-refractivity contribution in [2.75, 3.05) is 22.1 Å². The van der Waals surface area contributed by atoms with Crippen molar-refractivity contribution in [2.24, 2.45) is 0 Å². The van der Waals surface area contributed by atoms with Crippen LogP contribution in [0.15, 0.2) is 109 Å². The van der Waals surface area contributed by atoms with Gasteiger partial charge in [-0.15, -0.1) is 0 Å². The molecule has 0 unspecified atom stereocenters. The van der Waals surface area contributed by atoms with Crippen LogP contribution in [0, 0.1) is 0 Å². The molecule has 0 spiro atoms. The van der Waals surface area contributed by atoms with Crippen molar-refractivity contribution in [3.8, 4) is 0 Å². The highest BCUT2D eigenvalue weighted by atomic mass is 16.4. The molecule has 0 radical (unpaired) electrons. The summed E-state index contributed by atoms with van der Waals surface area (Å²) in [7, 11) is 0. The molecular weight excluding hydrogens is 442 g/mol. The summed E-state index contributed by atoms with van der Waals surface area (Å²) in [5, 5.41) is 15.0. The summed E-state index contributed by atoms with van der Waals surface area (Å²) in [4.78, 5) is 39.1. The van der Waals surface area contributed by atoms with Gasteiger partial charge in [0.05, 0.1) is 5.56 Å². The van der Waals surface area contributed by atoms with Gasteiger partial charge in [0.1, 0.15) is 6.54 Å². The Bertz CT molecular complexity index is 1290. The molecular formula is C28H23N3O4. The Labute approximate surface area is 202 Å². The normalized spacial score (nSPS) is 10.3. The highest BCUT2D eigenvalue weighted by Gasteiger charge is 2.16. The molecule has 4 rings (SSSR count). The molecule has 0 aliphatic carbocycles. The first-order valence-corrected chi connectivity index (χ1v) is 10.9. The first-order valence-electron chi connectivity index (χ1n) is 10.9. The Kier molecular flexibility index (Phi) is 7.18. The van der Waals surface area contributed by atoms with Gasteiger partial charge in [-0.3, -0.25) is 9.59 Å². The van der Waals surface area contributed by atoms with Gasteiger partial charge in [-0.1, -0.05) is 54.6 Å². The fourth-order valence-corrected chi connectivity index (χ4v) is 3.58. The zero-order chi connectivity index (χ0) is 24.6. The number of carbonyl (C=O) groups is 3. The summed E-state index contributed by atoms with van der Waals surface area (Å²) in [6.07, 6.45) is 0. The van der Waals surface area contributed by atoms with Gasteiger partial charge in [-0.25, -0.2) is 4.79 Å². The maximum Gasteiger partial charge on any atom is 0.335 e. The lowest BCUT2D eigenvalue weighted by atomic mass is 10.1. The number of carboxylic acid groups (broad SMARTS) is 1. The van der Waals surface area contributed by atoms with Crippen LogP contribution in [0.25, 0.3) is 0 Å². The molecule has 3 N–H and O–H groups in total. The Morgan fingerprint density at radius 2 is 1.11 bits per heavy atom. The zero-order valence-corrected chi connectivity index (χ0v) is 18.7. The van der Waals surface area contributed by atoms with Gasteiger partial charge in [0.15, 0.2) is 0 Å². The van der Waals surface area contributed by atoms with Crippen LogP contribution in [0.5, 0.6) is 0 Å². The van der Waals surface area contributed by atoms with Crippen LogP contribution in [-0.2, 0) is 4.79 Å². The Hall–Kier alpha value is -4.91. The number of aromatic carboxylic acids is 1. The third-order valence-electron chi connectivity index (χ3n) is 5.20. The van der Waals surface area contributed by atoms with Crippen LogP contribution in [0.4, 0.5) is 22.7 Å². The molecule has 0 fully saturated rings. The average Bonchev–Trinajstić information content (AvgIpc) is 2.88. The number of carboxylic acids is 1. The van der Waals surface area contributed by atoms with E-state index in [4.69, 9.17) is 0 Å². The topological polar surface area (TPSA) is 98.7 Å². The monoisotopic (exact) mass is 465 g/mol. The number of amides is 2. The van der Waals surface area contributed by atoms with Crippen LogP contribution in [0.3, 0.4) is 0 Å². The molecule has 4 aromatic carbocycles. The summed E-state index contributed by atoms with van der Waals surface area (Å²) in [5.74, 6) is -1.91. The van der Waals surface area contributed by atoms with E-state index in [-0.39, 0.29) is 35.3 Å². The third kappa shape index (κ3) is 6.11. The molecule has 2 amide bonds. The fraction of sp³-hybridized carbons (Fsp3) is 0.0357. The highest BCUT2D eigenvalue weighted by Crippen LogP contribution is 2.25. The van der Waals surface area contributed by atoms with Crippen molar-refractivity contribution >= 4 is 40.5 Å². The molecule has 0 bridgehead atoms. The lowest BCUT2D eigenvalue weighted by Crippen LogP contribution is -2.29. The SMILES string of the molecule is O=C(CN(c1ccccc1)c1ccccc1)Nc1cc(NC(=O)c2ccccc2)cc(C(=O)O)c1. The Balaban J connectivity index is 1.55.